The molecule has 0 radical (unpaired) electrons. The van der Waals surface area contributed by atoms with Gasteiger partial charge in [0.2, 0.25) is 0 Å². The van der Waals surface area contributed by atoms with Crippen LogP contribution in [-0.2, 0) is 6.18 Å². The summed E-state index contributed by atoms with van der Waals surface area (Å²) >= 11 is 0. The lowest BCUT2D eigenvalue weighted by Crippen LogP contribution is -2.03. The van der Waals surface area contributed by atoms with Gasteiger partial charge in [0.1, 0.15) is 0 Å². The minimum atomic E-state index is -4.34. The van der Waals surface area contributed by atoms with Crippen LogP contribution >= 0.6 is 0 Å². The Morgan fingerprint density at radius 2 is 1.72 bits per heavy atom. The molecular weight excluding hydrogens is 245 g/mol. The summed E-state index contributed by atoms with van der Waals surface area (Å²) in [5, 5.41) is 3.75. The molecule has 0 atom stereocenters. The Balaban J connectivity index is 2.29. The van der Waals surface area contributed by atoms with Crippen LogP contribution in [0.1, 0.15) is 31.2 Å². The van der Waals surface area contributed by atoms with E-state index in [1.165, 1.54) is 12.1 Å². The van der Waals surface area contributed by atoms with E-state index in [9.17, 15) is 13.2 Å². The van der Waals surface area contributed by atoms with Crippen molar-refractivity contribution in [3.05, 3.63) is 35.7 Å². The molecule has 1 aromatic heterocycles. The number of alkyl halides is 3. The van der Waals surface area contributed by atoms with Crippen LogP contribution in [-0.4, -0.2) is 10.1 Å². The standard InChI is InChI=1S/C12H11F3N2O/c1-7(2)10-16-11(18-17-10)8-3-5-9(6-4-8)12(13,14)15/h3-7H,1-2H3. The molecule has 0 fully saturated rings. The topological polar surface area (TPSA) is 38.9 Å². The molecule has 2 rings (SSSR count). The molecule has 96 valence electrons. The van der Waals surface area contributed by atoms with Crippen LogP contribution in [0.2, 0.25) is 0 Å². The van der Waals surface area contributed by atoms with E-state index >= 15 is 0 Å². The SMILES string of the molecule is CC(C)c1noc(-c2ccc(C(F)(F)F)cc2)n1. The van der Waals surface area contributed by atoms with E-state index in [1.807, 2.05) is 13.8 Å². The van der Waals surface area contributed by atoms with E-state index in [2.05, 4.69) is 10.1 Å². The maximum atomic E-state index is 12.4. The van der Waals surface area contributed by atoms with Gasteiger partial charge in [0.05, 0.1) is 5.56 Å². The largest absolute Gasteiger partial charge is 0.416 e. The highest BCUT2D eigenvalue weighted by molar-refractivity contribution is 5.53. The second kappa shape index (κ2) is 4.44. The van der Waals surface area contributed by atoms with Crippen LogP contribution in [0.5, 0.6) is 0 Å². The van der Waals surface area contributed by atoms with Crippen molar-refractivity contribution < 1.29 is 17.7 Å². The number of hydrogen-bond acceptors (Lipinski definition) is 3. The lowest BCUT2D eigenvalue weighted by atomic mass is 10.1. The second-order valence-corrected chi connectivity index (χ2v) is 4.19. The van der Waals surface area contributed by atoms with Crippen LogP contribution in [0.15, 0.2) is 28.8 Å². The molecule has 0 bridgehead atoms. The fourth-order valence-corrected chi connectivity index (χ4v) is 1.39. The smallest absolute Gasteiger partial charge is 0.334 e. The molecule has 0 aliphatic rings. The van der Waals surface area contributed by atoms with Gasteiger partial charge in [-0.25, -0.2) is 0 Å². The van der Waals surface area contributed by atoms with Gasteiger partial charge in [-0.2, -0.15) is 18.2 Å². The number of nitrogens with zero attached hydrogens (tertiary/aromatic N) is 2. The zero-order valence-corrected chi connectivity index (χ0v) is 9.82. The zero-order valence-electron chi connectivity index (χ0n) is 9.82. The molecule has 0 spiro atoms. The Morgan fingerprint density at radius 1 is 1.11 bits per heavy atom. The lowest BCUT2D eigenvalue weighted by Gasteiger charge is -2.05. The van der Waals surface area contributed by atoms with E-state index in [-0.39, 0.29) is 11.8 Å². The van der Waals surface area contributed by atoms with Gasteiger partial charge in [0.25, 0.3) is 5.89 Å². The van der Waals surface area contributed by atoms with Crippen LogP contribution in [0.3, 0.4) is 0 Å². The van der Waals surface area contributed by atoms with E-state index < -0.39 is 11.7 Å². The van der Waals surface area contributed by atoms with Crippen molar-refractivity contribution in [1.82, 2.24) is 10.1 Å². The normalized spacial score (nSPS) is 12.1. The van der Waals surface area contributed by atoms with Crippen molar-refractivity contribution in [2.75, 3.05) is 0 Å². The molecule has 2 aromatic rings. The first-order valence-corrected chi connectivity index (χ1v) is 5.39. The number of hydrogen-bond donors (Lipinski definition) is 0. The highest BCUT2D eigenvalue weighted by Gasteiger charge is 2.30. The highest BCUT2D eigenvalue weighted by Crippen LogP contribution is 2.30. The first-order chi connectivity index (χ1) is 8.38. The van der Waals surface area contributed by atoms with E-state index in [1.54, 1.807) is 0 Å². The molecule has 3 nitrogen and oxygen atoms in total. The predicted molar refractivity (Wildman–Crippen MR) is 58.8 cm³/mol. The van der Waals surface area contributed by atoms with E-state index in [0.29, 0.717) is 11.4 Å². The van der Waals surface area contributed by atoms with E-state index in [0.717, 1.165) is 12.1 Å². The Kier molecular flexibility index (Phi) is 3.11. The minimum absolute atomic E-state index is 0.108. The Labute approximate surface area is 102 Å². The highest BCUT2D eigenvalue weighted by atomic mass is 19.4. The zero-order chi connectivity index (χ0) is 13.3. The quantitative estimate of drug-likeness (QED) is 0.818. The maximum absolute atomic E-state index is 12.4. The average molecular weight is 256 g/mol. The van der Waals surface area contributed by atoms with Crippen molar-refractivity contribution >= 4 is 0 Å². The molecule has 0 amide bonds. The summed E-state index contributed by atoms with van der Waals surface area (Å²) in [6.07, 6.45) is -4.34. The summed E-state index contributed by atoms with van der Waals surface area (Å²) in [7, 11) is 0. The Bertz CT molecular complexity index is 529. The van der Waals surface area contributed by atoms with Crippen LogP contribution in [0, 0.1) is 0 Å². The van der Waals surface area contributed by atoms with Crippen molar-refractivity contribution in [1.29, 1.82) is 0 Å². The first kappa shape index (κ1) is 12.6. The molecular formula is C12H11F3N2O. The fraction of sp³-hybridized carbons (Fsp3) is 0.333. The molecule has 1 aromatic carbocycles. The van der Waals surface area contributed by atoms with E-state index in [4.69, 9.17) is 4.52 Å². The third-order valence-electron chi connectivity index (χ3n) is 2.42. The van der Waals surface area contributed by atoms with Gasteiger partial charge in [-0.1, -0.05) is 19.0 Å². The minimum Gasteiger partial charge on any atom is -0.334 e. The second-order valence-electron chi connectivity index (χ2n) is 4.19. The number of benzene rings is 1. The first-order valence-electron chi connectivity index (χ1n) is 5.39. The van der Waals surface area contributed by atoms with Crippen LogP contribution in [0.4, 0.5) is 13.2 Å². The fourth-order valence-electron chi connectivity index (χ4n) is 1.39. The summed E-state index contributed by atoms with van der Waals surface area (Å²) in [5.74, 6) is 0.870. The molecule has 18 heavy (non-hydrogen) atoms. The third-order valence-corrected chi connectivity index (χ3v) is 2.42. The average Bonchev–Trinajstić information content (AvgIpc) is 2.77. The summed E-state index contributed by atoms with van der Waals surface area (Å²) in [4.78, 5) is 4.11. The van der Waals surface area contributed by atoms with Gasteiger partial charge in [0.15, 0.2) is 5.82 Å². The van der Waals surface area contributed by atoms with Crippen molar-refractivity contribution in [3.63, 3.8) is 0 Å². The van der Waals surface area contributed by atoms with Gasteiger partial charge < -0.3 is 4.52 Å². The Morgan fingerprint density at radius 3 is 2.17 bits per heavy atom. The van der Waals surface area contributed by atoms with Gasteiger partial charge in [0, 0.05) is 11.5 Å². The summed E-state index contributed by atoms with van der Waals surface area (Å²) < 4.78 is 42.1. The predicted octanol–water partition coefficient (Wildman–Crippen LogP) is 3.88. The summed E-state index contributed by atoms with van der Waals surface area (Å²) in [6.45, 7) is 3.81. The molecule has 0 aliphatic carbocycles. The number of aromatic nitrogens is 2. The molecule has 0 saturated heterocycles. The molecule has 6 heteroatoms. The van der Waals surface area contributed by atoms with Crippen LogP contribution < -0.4 is 0 Å². The monoisotopic (exact) mass is 256 g/mol. The van der Waals surface area contributed by atoms with Gasteiger partial charge in [-0.3, -0.25) is 0 Å². The summed E-state index contributed by atoms with van der Waals surface area (Å²) in [6, 6.07) is 4.63. The van der Waals surface area contributed by atoms with Crippen molar-refractivity contribution in [3.8, 4) is 11.5 Å². The lowest BCUT2D eigenvalue weighted by molar-refractivity contribution is -0.137. The molecule has 0 aliphatic heterocycles. The number of rotatable bonds is 2. The van der Waals surface area contributed by atoms with Gasteiger partial charge in [-0.05, 0) is 24.3 Å². The van der Waals surface area contributed by atoms with Crippen LogP contribution in [0.25, 0.3) is 11.5 Å². The Hall–Kier alpha value is -1.85. The van der Waals surface area contributed by atoms with Gasteiger partial charge >= 0.3 is 6.18 Å². The maximum Gasteiger partial charge on any atom is 0.416 e. The third kappa shape index (κ3) is 2.52. The number of halogens is 3. The summed E-state index contributed by atoms with van der Waals surface area (Å²) in [5.41, 5.74) is -0.225. The van der Waals surface area contributed by atoms with Crippen molar-refractivity contribution in [2.24, 2.45) is 0 Å². The van der Waals surface area contributed by atoms with Crippen molar-refractivity contribution in [2.45, 2.75) is 25.9 Å². The molecule has 1 heterocycles. The van der Waals surface area contributed by atoms with Gasteiger partial charge in [-0.15, -0.1) is 0 Å². The molecule has 0 saturated carbocycles. The molecule has 0 N–H and O–H groups in total. The molecule has 0 unspecified atom stereocenters.